The first-order valence-corrected chi connectivity index (χ1v) is 5.74. The molecule has 76 valence electrons. The van der Waals surface area contributed by atoms with Gasteiger partial charge >= 0.3 is 0 Å². The molecule has 0 spiro atoms. The lowest BCUT2D eigenvalue weighted by Crippen LogP contribution is -2.37. The lowest BCUT2D eigenvalue weighted by Gasteiger charge is -2.28. The predicted molar refractivity (Wildman–Crippen MR) is 55.8 cm³/mol. The molecule has 3 atom stereocenters. The van der Waals surface area contributed by atoms with E-state index in [1.165, 1.54) is 38.9 Å². The monoisotopic (exact) mass is 182 g/mol. The summed E-state index contributed by atoms with van der Waals surface area (Å²) in [6.07, 6.45) is 4.19. The van der Waals surface area contributed by atoms with Gasteiger partial charge in [0.05, 0.1) is 0 Å². The van der Waals surface area contributed by atoms with Crippen LogP contribution in [0.4, 0.5) is 0 Å². The van der Waals surface area contributed by atoms with Gasteiger partial charge in [0.15, 0.2) is 0 Å². The standard InChI is InChI=1S/C11H22N2/c1-9-3-4-10(2)13(9)8-11-5-6-12-7-11/h9-12H,3-8H2,1-2H3. The Labute approximate surface area is 81.7 Å². The summed E-state index contributed by atoms with van der Waals surface area (Å²) in [4.78, 5) is 2.71. The Morgan fingerprint density at radius 1 is 1.15 bits per heavy atom. The first-order chi connectivity index (χ1) is 6.27. The van der Waals surface area contributed by atoms with Gasteiger partial charge in [-0.15, -0.1) is 0 Å². The second-order valence-electron chi connectivity index (χ2n) is 4.83. The second-order valence-corrected chi connectivity index (χ2v) is 4.83. The minimum atomic E-state index is 0.829. The fourth-order valence-electron chi connectivity index (χ4n) is 2.78. The number of nitrogens with zero attached hydrogens (tertiary/aromatic N) is 1. The zero-order chi connectivity index (χ0) is 9.26. The Balaban J connectivity index is 1.85. The number of nitrogens with one attached hydrogen (secondary N) is 1. The van der Waals surface area contributed by atoms with Crippen LogP contribution in [-0.2, 0) is 0 Å². The molecule has 2 saturated heterocycles. The van der Waals surface area contributed by atoms with Crippen molar-refractivity contribution in [2.24, 2.45) is 5.92 Å². The SMILES string of the molecule is CC1CCC(C)N1CC1CCNC1. The predicted octanol–water partition coefficient (Wildman–Crippen LogP) is 1.47. The van der Waals surface area contributed by atoms with Gasteiger partial charge in [0.1, 0.15) is 0 Å². The van der Waals surface area contributed by atoms with E-state index in [4.69, 9.17) is 0 Å². The minimum absolute atomic E-state index is 0.829. The van der Waals surface area contributed by atoms with Crippen molar-refractivity contribution < 1.29 is 0 Å². The highest BCUT2D eigenvalue weighted by Gasteiger charge is 2.29. The third kappa shape index (κ3) is 2.05. The van der Waals surface area contributed by atoms with Crippen molar-refractivity contribution in [3.05, 3.63) is 0 Å². The Morgan fingerprint density at radius 2 is 1.85 bits per heavy atom. The summed E-state index contributed by atoms with van der Waals surface area (Å²) < 4.78 is 0. The number of likely N-dealkylation sites (tertiary alicyclic amines) is 1. The van der Waals surface area contributed by atoms with Crippen LogP contribution in [0.15, 0.2) is 0 Å². The number of rotatable bonds is 2. The molecule has 2 heterocycles. The summed E-state index contributed by atoms with van der Waals surface area (Å²) in [5, 5.41) is 3.45. The number of hydrogen-bond donors (Lipinski definition) is 1. The highest BCUT2D eigenvalue weighted by Crippen LogP contribution is 2.25. The fourth-order valence-corrected chi connectivity index (χ4v) is 2.78. The molecule has 0 radical (unpaired) electrons. The molecule has 0 aliphatic carbocycles. The van der Waals surface area contributed by atoms with Crippen molar-refractivity contribution in [1.82, 2.24) is 10.2 Å². The van der Waals surface area contributed by atoms with Crippen LogP contribution in [0.2, 0.25) is 0 Å². The molecule has 0 bridgehead atoms. The van der Waals surface area contributed by atoms with E-state index < -0.39 is 0 Å². The Kier molecular flexibility index (Phi) is 2.89. The summed E-state index contributed by atoms with van der Waals surface area (Å²) in [6, 6.07) is 1.66. The quantitative estimate of drug-likeness (QED) is 0.695. The van der Waals surface area contributed by atoms with Crippen molar-refractivity contribution in [3.63, 3.8) is 0 Å². The Morgan fingerprint density at radius 3 is 2.38 bits per heavy atom. The maximum Gasteiger partial charge on any atom is 0.00704 e. The maximum atomic E-state index is 3.45. The molecule has 2 fully saturated rings. The zero-order valence-electron chi connectivity index (χ0n) is 8.92. The smallest absolute Gasteiger partial charge is 0.00704 e. The molecular formula is C11H22N2. The zero-order valence-corrected chi connectivity index (χ0v) is 8.92. The molecule has 0 aromatic heterocycles. The normalized spacial score (nSPS) is 41.5. The van der Waals surface area contributed by atoms with Crippen molar-refractivity contribution >= 4 is 0 Å². The summed E-state index contributed by atoms with van der Waals surface area (Å²) in [7, 11) is 0. The molecule has 0 aromatic rings. The lowest BCUT2D eigenvalue weighted by molar-refractivity contribution is 0.185. The molecule has 2 nitrogen and oxygen atoms in total. The second kappa shape index (κ2) is 3.97. The molecule has 0 aromatic carbocycles. The third-order valence-corrected chi connectivity index (χ3v) is 3.77. The molecule has 2 heteroatoms. The van der Waals surface area contributed by atoms with Crippen LogP contribution in [0.25, 0.3) is 0 Å². The summed E-state index contributed by atoms with van der Waals surface area (Å²) in [5.74, 6) is 0.919. The fraction of sp³-hybridized carbons (Fsp3) is 1.00. The van der Waals surface area contributed by atoms with Gasteiger partial charge in [-0.05, 0) is 52.1 Å². The highest BCUT2D eigenvalue weighted by molar-refractivity contribution is 4.85. The Hall–Kier alpha value is -0.0800. The van der Waals surface area contributed by atoms with Gasteiger partial charge in [0.2, 0.25) is 0 Å². The topological polar surface area (TPSA) is 15.3 Å². The van der Waals surface area contributed by atoms with Crippen molar-refractivity contribution in [1.29, 1.82) is 0 Å². The van der Waals surface area contributed by atoms with Crippen LogP contribution in [-0.4, -0.2) is 36.6 Å². The molecule has 1 N–H and O–H groups in total. The first kappa shape index (κ1) is 9.47. The summed E-state index contributed by atoms with van der Waals surface area (Å²) in [5.41, 5.74) is 0. The summed E-state index contributed by atoms with van der Waals surface area (Å²) >= 11 is 0. The molecule has 2 aliphatic heterocycles. The van der Waals surface area contributed by atoms with Gasteiger partial charge in [0.25, 0.3) is 0 Å². The molecule has 3 unspecified atom stereocenters. The molecule has 2 aliphatic rings. The lowest BCUT2D eigenvalue weighted by atomic mass is 10.1. The Bertz CT molecular complexity index is 153. The van der Waals surface area contributed by atoms with Gasteiger partial charge < -0.3 is 5.32 Å². The van der Waals surface area contributed by atoms with E-state index in [-0.39, 0.29) is 0 Å². The van der Waals surface area contributed by atoms with Crippen LogP contribution in [0, 0.1) is 5.92 Å². The first-order valence-electron chi connectivity index (χ1n) is 5.74. The van der Waals surface area contributed by atoms with Crippen LogP contribution in [0.1, 0.15) is 33.1 Å². The average molecular weight is 182 g/mol. The van der Waals surface area contributed by atoms with E-state index in [1.54, 1.807) is 0 Å². The number of hydrogen-bond acceptors (Lipinski definition) is 2. The van der Waals surface area contributed by atoms with E-state index in [0.29, 0.717) is 0 Å². The molecular weight excluding hydrogens is 160 g/mol. The van der Waals surface area contributed by atoms with E-state index >= 15 is 0 Å². The van der Waals surface area contributed by atoms with E-state index in [9.17, 15) is 0 Å². The molecule has 0 amide bonds. The highest BCUT2D eigenvalue weighted by atomic mass is 15.2. The van der Waals surface area contributed by atoms with E-state index in [1.807, 2.05) is 0 Å². The van der Waals surface area contributed by atoms with Gasteiger partial charge in [-0.25, -0.2) is 0 Å². The van der Waals surface area contributed by atoms with E-state index in [2.05, 4.69) is 24.1 Å². The average Bonchev–Trinajstić information content (AvgIpc) is 2.70. The third-order valence-electron chi connectivity index (χ3n) is 3.77. The molecule has 2 rings (SSSR count). The van der Waals surface area contributed by atoms with Gasteiger partial charge in [0, 0.05) is 18.6 Å². The van der Waals surface area contributed by atoms with Crippen LogP contribution in [0.3, 0.4) is 0 Å². The van der Waals surface area contributed by atoms with Crippen LogP contribution < -0.4 is 5.32 Å². The largest absolute Gasteiger partial charge is 0.316 e. The van der Waals surface area contributed by atoms with Crippen molar-refractivity contribution in [3.8, 4) is 0 Å². The van der Waals surface area contributed by atoms with E-state index in [0.717, 1.165) is 18.0 Å². The summed E-state index contributed by atoms with van der Waals surface area (Å²) in [6.45, 7) is 8.57. The van der Waals surface area contributed by atoms with Crippen LogP contribution in [0.5, 0.6) is 0 Å². The van der Waals surface area contributed by atoms with Crippen molar-refractivity contribution in [2.45, 2.75) is 45.2 Å². The maximum absolute atomic E-state index is 3.45. The van der Waals surface area contributed by atoms with Crippen LogP contribution >= 0.6 is 0 Å². The van der Waals surface area contributed by atoms with Gasteiger partial charge in [-0.2, -0.15) is 0 Å². The van der Waals surface area contributed by atoms with Gasteiger partial charge in [-0.3, -0.25) is 4.90 Å². The molecule has 13 heavy (non-hydrogen) atoms. The molecule has 0 saturated carbocycles. The minimum Gasteiger partial charge on any atom is -0.316 e. The van der Waals surface area contributed by atoms with Crippen molar-refractivity contribution in [2.75, 3.05) is 19.6 Å². The van der Waals surface area contributed by atoms with Gasteiger partial charge in [-0.1, -0.05) is 0 Å².